The van der Waals surface area contributed by atoms with Crippen LogP contribution in [-0.4, -0.2) is 30.5 Å². The van der Waals surface area contributed by atoms with Gasteiger partial charge >= 0.3 is 11.7 Å². The Balaban J connectivity index is 1.62. The van der Waals surface area contributed by atoms with Crippen LogP contribution in [0.4, 0.5) is 11.4 Å². The fraction of sp³-hybridized carbons (Fsp3) is 0.368. The van der Waals surface area contributed by atoms with Gasteiger partial charge in [-0.1, -0.05) is 0 Å². The Morgan fingerprint density at radius 3 is 2.68 bits per heavy atom. The van der Waals surface area contributed by atoms with E-state index >= 15 is 0 Å². The number of fused-ring (bicyclic) bond motifs is 1. The number of nitro groups is 1. The molecule has 1 aromatic heterocycles. The minimum absolute atomic E-state index is 0.0343. The summed E-state index contributed by atoms with van der Waals surface area (Å²) < 4.78 is 10.1. The second kappa shape index (κ2) is 8.39. The monoisotopic (exact) mass is 404 g/mol. The first-order valence-corrected chi connectivity index (χ1v) is 9.62. The molecule has 2 aromatic rings. The second-order valence-electron chi connectivity index (χ2n) is 6.49. The van der Waals surface area contributed by atoms with Crippen LogP contribution >= 0.6 is 11.3 Å². The Bertz CT molecular complexity index is 913. The molecule has 148 valence electrons. The molecule has 1 amide bonds. The second-order valence-corrected chi connectivity index (χ2v) is 7.62. The maximum Gasteiger partial charge on any atom is 0.348 e. The number of amides is 1. The summed E-state index contributed by atoms with van der Waals surface area (Å²) in [4.78, 5) is 36.6. The average Bonchev–Trinajstić information content (AvgIpc) is 3.11. The highest BCUT2D eigenvalue weighted by Crippen LogP contribution is 2.33. The van der Waals surface area contributed by atoms with Crippen molar-refractivity contribution >= 4 is 34.6 Å². The predicted molar refractivity (Wildman–Crippen MR) is 104 cm³/mol. The number of carbonyl (C=O) groups is 2. The third-order valence-electron chi connectivity index (χ3n) is 4.53. The number of nitrogens with one attached hydrogen (secondary N) is 1. The van der Waals surface area contributed by atoms with Crippen molar-refractivity contribution < 1.29 is 24.0 Å². The fourth-order valence-corrected chi connectivity index (χ4v) is 4.24. The summed E-state index contributed by atoms with van der Waals surface area (Å²) in [6, 6.07) is 4.54. The molecule has 0 bridgehead atoms. The molecule has 9 heteroatoms. The average molecular weight is 404 g/mol. The van der Waals surface area contributed by atoms with Crippen molar-refractivity contribution in [2.24, 2.45) is 0 Å². The lowest BCUT2D eigenvalue weighted by Crippen LogP contribution is -2.21. The van der Waals surface area contributed by atoms with Crippen LogP contribution in [0.15, 0.2) is 18.2 Å². The number of ether oxygens (including phenoxy) is 2. The Kier molecular flexibility index (Phi) is 5.93. The van der Waals surface area contributed by atoms with E-state index in [2.05, 4.69) is 5.32 Å². The zero-order valence-corrected chi connectivity index (χ0v) is 16.4. The first-order valence-electron chi connectivity index (χ1n) is 8.80. The molecule has 28 heavy (non-hydrogen) atoms. The fourth-order valence-electron chi connectivity index (χ4n) is 3.09. The van der Waals surface area contributed by atoms with E-state index in [9.17, 15) is 19.7 Å². The van der Waals surface area contributed by atoms with Crippen molar-refractivity contribution in [2.75, 3.05) is 19.0 Å². The van der Waals surface area contributed by atoms with Gasteiger partial charge in [0.1, 0.15) is 4.88 Å². The van der Waals surface area contributed by atoms with Crippen LogP contribution < -0.4 is 10.1 Å². The molecule has 1 aliphatic carbocycles. The summed E-state index contributed by atoms with van der Waals surface area (Å²) in [7, 11) is 1.31. The lowest BCUT2D eigenvalue weighted by atomic mass is 9.99. The van der Waals surface area contributed by atoms with Crippen molar-refractivity contribution in [2.45, 2.75) is 32.6 Å². The van der Waals surface area contributed by atoms with E-state index in [1.54, 1.807) is 6.92 Å². The highest BCUT2D eigenvalue weighted by Gasteiger charge is 2.21. The minimum atomic E-state index is -0.556. The third-order valence-corrected chi connectivity index (χ3v) is 5.75. The normalized spacial score (nSPS) is 12.8. The van der Waals surface area contributed by atoms with Crippen LogP contribution in [-0.2, 0) is 22.4 Å². The van der Waals surface area contributed by atoms with Crippen molar-refractivity contribution in [1.29, 1.82) is 0 Å². The molecule has 0 spiro atoms. The molecule has 1 heterocycles. The Hall–Kier alpha value is -2.94. The van der Waals surface area contributed by atoms with E-state index < -0.39 is 23.4 Å². The molecule has 1 aliphatic rings. The topological polar surface area (TPSA) is 108 Å². The van der Waals surface area contributed by atoms with Gasteiger partial charge in [-0.05, 0) is 49.8 Å². The number of hydrogen-bond acceptors (Lipinski definition) is 7. The lowest BCUT2D eigenvalue weighted by molar-refractivity contribution is -0.385. The van der Waals surface area contributed by atoms with Crippen LogP contribution in [0.25, 0.3) is 0 Å². The summed E-state index contributed by atoms with van der Waals surface area (Å²) in [6.45, 7) is 1.18. The highest BCUT2D eigenvalue weighted by molar-refractivity contribution is 7.14. The van der Waals surface area contributed by atoms with Crippen molar-refractivity contribution in [3.05, 3.63) is 49.2 Å². The number of methoxy groups -OCH3 is 1. The quantitative estimate of drug-likeness (QED) is 0.447. The highest BCUT2D eigenvalue weighted by atomic mass is 32.1. The molecule has 0 radical (unpaired) electrons. The third kappa shape index (κ3) is 4.30. The first-order chi connectivity index (χ1) is 13.4. The molecule has 0 fully saturated rings. The molecule has 0 atom stereocenters. The maximum atomic E-state index is 12.2. The summed E-state index contributed by atoms with van der Waals surface area (Å²) in [5.41, 5.74) is 1.86. The van der Waals surface area contributed by atoms with Gasteiger partial charge in [-0.15, -0.1) is 11.3 Å². The summed E-state index contributed by atoms with van der Waals surface area (Å²) in [6.07, 6.45) is 4.21. The summed E-state index contributed by atoms with van der Waals surface area (Å²) in [5.74, 6) is -1.02. The van der Waals surface area contributed by atoms with E-state index in [4.69, 9.17) is 9.47 Å². The molecule has 1 N–H and O–H groups in total. The van der Waals surface area contributed by atoms with Gasteiger partial charge in [-0.2, -0.15) is 0 Å². The lowest BCUT2D eigenvalue weighted by Gasteiger charge is -2.11. The van der Waals surface area contributed by atoms with E-state index in [1.165, 1.54) is 41.0 Å². The van der Waals surface area contributed by atoms with Crippen molar-refractivity contribution in [3.8, 4) is 5.75 Å². The molecule has 8 nitrogen and oxygen atoms in total. The Morgan fingerprint density at radius 2 is 2.00 bits per heavy atom. The summed E-state index contributed by atoms with van der Waals surface area (Å²) in [5, 5.41) is 13.6. The van der Waals surface area contributed by atoms with Gasteiger partial charge in [0, 0.05) is 22.7 Å². The van der Waals surface area contributed by atoms with Crippen LogP contribution in [0.2, 0.25) is 0 Å². The standard InChI is InChI=1S/C19H20N2O6S/c1-11-7-14(21(24)25)15(26-2)9-13(11)20-18(22)10-27-19(23)17-8-12-5-3-4-6-16(12)28-17/h7-9H,3-6,10H2,1-2H3,(H,20,22). The summed E-state index contributed by atoms with van der Waals surface area (Å²) >= 11 is 1.42. The van der Waals surface area contributed by atoms with Crippen LogP contribution in [0.3, 0.4) is 0 Å². The predicted octanol–water partition coefficient (Wildman–Crippen LogP) is 3.65. The molecule has 0 saturated carbocycles. The van der Waals surface area contributed by atoms with Crippen LogP contribution in [0.5, 0.6) is 5.75 Å². The number of thiophene rings is 1. The molecule has 1 aromatic carbocycles. The number of nitro benzene ring substituents is 1. The van der Waals surface area contributed by atoms with Crippen molar-refractivity contribution in [3.63, 3.8) is 0 Å². The molecule has 0 saturated heterocycles. The number of aryl methyl sites for hydroxylation is 3. The van der Waals surface area contributed by atoms with Gasteiger partial charge in [0.25, 0.3) is 5.91 Å². The van der Waals surface area contributed by atoms with E-state index in [-0.39, 0.29) is 11.4 Å². The van der Waals surface area contributed by atoms with Gasteiger partial charge in [0.15, 0.2) is 12.4 Å². The van der Waals surface area contributed by atoms with E-state index in [0.717, 1.165) is 25.7 Å². The van der Waals surface area contributed by atoms with Crippen molar-refractivity contribution in [1.82, 2.24) is 0 Å². The van der Waals surface area contributed by atoms with Gasteiger partial charge in [-0.25, -0.2) is 4.79 Å². The maximum absolute atomic E-state index is 12.2. The van der Waals surface area contributed by atoms with Crippen LogP contribution in [0.1, 0.15) is 38.5 Å². The Morgan fingerprint density at radius 1 is 1.25 bits per heavy atom. The molecule has 0 aliphatic heterocycles. The zero-order valence-electron chi connectivity index (χ0n) is 15.6. The van der Waals surface area contributed by atoms with Gasteiger partial charge in [0.2, 0.25) is 0 Å². The number of esters is 1. The van der Waals surface area contributed by atoms with Gasteiger partial charge in [0.05, 0.1) is 12.0 Å². The SMILES string of the molecule is COc1cc(NC(=O)COC(=O)c2cc3c(s2)CCCC3)c(C)cc1[N+](=O)[O-]. The van der Waals surface area contributed by atoms with Gasteiger partial charge in [-0.3, -0.25) is 14.9 Å². The molecule has 0 unspecified atom stereocenters. The number of hydrogen-bond donors (Lipinski definition) is 1. The Labute approximate surface area is 165 Å². The number of rotatable bonds is 6. The van der Waals surface area contributed by atoms with E-state index in [0.29, 0.717) is 16.1 Å². The minimum Gasteiger partial charge on any atom is -0.490 e. The van der Waals surface area contributed by atoms with Crippen LogP contribution in [0, 0.1) is 17.0 Å². The van der Waals surface area contributed by atoms with Gasteiger partial charge < -0.3 is 14.8 Å². The number of carbonyl (C=O) groups excluding carboxylic acids is 2. The molecule has 3 rings (SSSR count). The number of nitrogens with zero attached hydrogens (tertiary/aromatic N) is 1. The molecular weight excluding hydrogens is 384 g/mol. The molecular formula is C19H20N2O6S. The largest absolute Gasteiger partial charge is 0.490 e. The number of anilines is 1. The van der Waals surface area contributed by atoms with E-state index in [1.807, 2.05) is 6.07 Å². The number of benzene rings is 1. The smallest absolute Gasteiger partial charge is 0.348 e. The zero-order chi connectivity index (χ0) is 20.3. The first kappa shape index (κ1) is 19.8.